The number of aliphatic carboxylic acids is 6. The van der Waals surface area contributed by atoms with Crippen LogP contribution >= 0.6 is 0 Å². The maximum Gasteiger partial charge on any atom is 0.328 e. The lowest BCUT2D eigenvalue weighted by Crippen LogP contribution is -2.60. The highest BCUT2D eigenvalue weighted by molar-refractivity contribution is 5.97. The highest BCUT2D eigenvalue weighted by Crippen LogP contribution is 2.16. The number of H-pyrrole nitrogens is 1. The van der Waals surface area contributed by atoms with Crippen molar-refractivity contribution in [3.8, 4) is 0 Å². The monoisotopic (exact) mass is 1340 g/mol. The molecule has 2 aromatic carbocycles. The van der Waals surface area contributed by atoms with Gasteiger partial charge < -0.3 is 117 Å². The van der Waals surface area contributed by atoms with Crippen molar-refractivity contribution >= 4 is 82.6 Å². The van der Waals surface area contributed by atoms with E-state index in [1.54, 1.807) is 30.3 Å². The summed E-state index contributed by atoms with van der Waals surface area (Å²) in [4.78, 5) is 188. The number of hydrogen-bond acceptors (Lipinski definition) is 29. The number of nitrogens with zero attached hydrogens (tertiary/aromatic N) is 5. The molecule has 1 aliphatic rings. The van der Waals surface area contributed by atoms with Crippen molar-refractivity contribution in [3.05, 3.63) is 74.6 Å². The van der Waals surface area contributed by atoms with Crippen LogP contribution in [0, 0.1) is 0 Å². The van der Waals surface area contributed by atoms with E-state index in [2.05, 4.69) is 52.5 Å². The number of amides is 6. The molecule has 4 rings (SSSR count). The Kier molecular flexibility index (Phi) is 33.2. The van der Waals surface area contributed by atoms with E-state index in [-0.39, 0.29) is 128 Å². The van der Waals surface area contributed by atoms with E-state index in [9.17, 15) is 108 Å². The number of hydrogen-bond donors (Lipinski definition) is 13. The summed E-state index contributed by atoms with van der Waals surface area (Å²) in [6.45, 7) is -3.56. The Morgan fingerprint density at radius 3 is 1.57 bits per heavy atom. The number of benzene rings is 1. The molecule has 0 spiro atoms. The third-order valence-electron chi connectivity index (χ3n) is 14.6. The smallest absolute Gasteiger partial charge is 0.328 e. The zero-order valence-electron chi connectivity index (χ0n) is 51.7. The molecule has 1 aromatic heterocycles. The minimum Gasteiger partial charge on any atom is -0.549 e. The largest absolute Gasteiger partial charge is 0.549 e. The minimum absolute atomic E-state index is 0.00529. The fraction of sp³-hybridized carbons (Fsp3) is 0.561. The van der Waals surface area contributed by atoms with Gasteiger partial charge in [-0.05, 0) is 25.3 Å². The van der Waals surface area contributed by atoms with Gasteiger partial charge in [-0.2, -0.15) is 0 Å². The van der Waals surface area contributed by atoms with Gasteiger partial charge in [-0.1, -0.05) is 30.3 Å². The van der Waals surface area contributed by atoms with Gasteiger partial charge in [0, 0.05) is 116 Å². The van der Waals surface area contributed by atoms with E-state index in [0.717, 1.165) is 6.92 Å². The maximum absolute atomic E-state index is 13.8. The van der Waals surface area contributed by atoms with Crippen LogP contribution < -0.4 is 73.8 Å². The molecule has 524 valence electrons. The van der Waals surface area contributed by atoms with Crippen LogP contribution in [0.3, 0.4) is 0 Å². The molecule has 0 aliphatic carbocycles. The Balaban J connectivity index is 1.24. The van der Waals surface area contributed by atoms with Gasteiger partial charge in [0.15, 0.2) is 0 Å². The van der Waals surface area contributed by atoms with Gasteiger partial charge in [0.25, 0.3) is 10.9 Å². The zero-order chi connectivity index (χ0) is 70.1. The summed E-state index contributed by atoms with van der Waals surface area (Å²) in [5.41, 5.74) is -1.07. The fourth-order valence-electron chi connectivity index (χ4n) is 9.58. The van der Waals surface area contributed by atoms with Crippen LogP contribution in [0.5, 0.6) is 0 Å². The fourth-order valence-corrected chi connectivity index (χ4v) is 9.58. The molecule has 1 unspecified atom stereocenters. The number of carboxylic acid groups (broad SMARTS) is 6. The van der Waals surface area contributed by atoms with E-state index in [1.165, 1.54) is 32.1 Å². The van der Waals surface area contributed by atoms with Crippen molar-refractivity contribution < 1.29 is 108 Å². The molecule has 38 heteroatoms. The van der Waals surface area contributed by atoms with E-state index < -0.39 is 170 Å². The molecule has 95 heavy (non-hydrogen) atoms. The lowest BCUT2D eigenvalue weighted by Gasteiger charge is -2.38. The molecule has 13 N–H and O–H groups in total. The number of aromatic nitrogens is 2. The van der Waals surface area contributed by atoms with Crippen LogP contribution in [0.15, 0.2) is 52.4 Å². The number of aliphatic hydroxyl groups excluding tert-OH is 2. The van der Waals surface area contributed by atoms with Gasteiger partial charge in [0.1, 0.15) is 54.2 Å². The molecular formula is C57H78N14O24-4. The van der Waals surface area contributed by atoms with Crippen molar-refractivity contribution in [2.45, 2.75) is 81.3 Å². The Morgan fingerprint density at radius 2 is 1.06 bits per heavy atom. The van der Waals surface area contributed by atoms with Crippen molar-refractivity contribution in [1.29, 1.82) is 0 Å². The molecule has 2 heterocycles. The van der Waals surface area contributed by atoms with E-state index >= 15 is 0 Å². The number of aromatic amines is 1. The quantitative estimate of drug-likeness (QED) is 0.0185. The summed E-state index contributed by atoms with van der Waals surface area (Å²) < 4.78 is 10.8. The molecule has 0 radical (unpaired) electrons. The third-order valence-corrected chi connectivity index (χ3v) is 14.6. The van der Waals surface area contributed by atoms with Gasteiger partial charge >= 0.3 is 11.9 Å². The Morgan fingerprint density at radius 1 is 0.579 bits per heavy atom. The number of carbonyl (C=O) groups is 12. The summed E-state index contributed by atoms with van der Waals surface area (Å²) in [5.74, 6) is -15.2. The summed E-state index contributed by atoms with van der Waals surface area (Å²) in [6, 6.07) is -3.02. The van der Waals surface area contributed by atoms with E-state index in [4.69, 9.17) is 9.47 Å². The molecule has 1 saturated heterocycles. The molecular weight excluding hydrogens is 1260 g/mol. The Bertz CT molecular complexity index is 3100. The van der Waals surface area contributed by atoms with Crippen molar-refractivity contribution in [1.82, 2.24) is 61.5 Å². The second-order valence-corrected chi connectivity index (χ2v) is 21.8. The average molecular weight is 1340 g/mol. The van der Waals surface area contributed by atoms with Gasteiger partial charge in [-0.25, -0.2) is 9.78 Å². The first kappa shape index (κ1) is 77.9. The number of rotatable bonds is 42. The summed E-state index contributed by atoms with van der Waals surface area (Å²) in [6.07, 6.45) is 1.09. The Labute approximate surface area is 541 Å². The van der Waals surface area contributed by atoms with Gasteiger partial charge in [0.05, 0.1) is 69.7 Å². The third kappa shape index (κ3) is 27.9. The number of carboxylic acids is 6. The van der Waals surface area contributed by atoms with E-state index in [0.29, 0.717) is 5.56 Å². The number of ether oxygens (including phenoxy) is 2. The van der Waals surface area contributed by atoms with E-state index in [1.807, 2.05) is 0 Å². The molecule has 6 amide bonds. The summed E-state index contributed by atoms with van der Waals surface area (Å²) in [5, 5.41) is 105. The second-order valence-electron chi connectivity index (χ2n) is 21.8. The minimum atomic E-state index is -1.78. The zero-order valence-corrected chi connectivity index (χ0v) is 51.7. The molecule has 0 bridgehead atoms. The number of carbonyl (C=O) groups excluding carboxylic acids is 10. The van der Waals surface area contributed by atoms with Crippen LogP contribution in [-0.2, 0) is 79.8 Å². The highest BCUT2D eigenvalue weighted by atomic mass is 16.5. The Hall–Kier alpha value is -9.57. The maximum atomic E-state index is 13.8. The molecule has 3 aromatic rings. The van der Waals surface area contributed by atoms with Crippen molar-refractivity contribution in [2.24, 2.45) is 0 Å². The number of anilines is 2. The van der Waals surface area contributed by atoms with Gasteiger partial charge in [-0.3, -0.25) is 62.8 Å². The molecule has 1 fully saturated rings. The highest BCUT2D eigenvalue weighted by Gasteiger charge is 2.34. The van der Waals surface area contributed by atoms with Crippen LogP contribution in [0.25, 0.3) is 0 Å². The molecule has 1 aliphatic heterocycles. The average Bonchev–Trinajstić information content (AvgIpc) is 1.03. The second kappa shape index (κ2) is 40.5. The SMILES string of the molecule is C[C@H](NC(=O)[C@H](CC(=O)O)NC(=O)COCCOCCNc1c(NCCCC(C(=O)[O-])N2CCN(CC(=O)[O-])CCN(CC(=O)[O-])CCN(CC(=O)[O-])CC2)c(=O)c1=O)C(=O)N[C@@H](Cc1cnc[nH]1)C(=O)N[C@@H](CO)C(=O)N[C@@H](Cc1ccccc1)C(=O)N[C@@H](CO)C(=O)O. The van der Waals surface area contributed by atoms with Crippen molar-refractivity contribution in [3.63, 3.8) is 0 Å². The first-order valence-corrected chi connectivity index (χ1v) is 29.9. The van der Waals surface area contributed by atoms with Crippen LogP contribution in [0.1, 0.15) is 37.4 Å². The number of nitrogens with one attached hydrogen (secondary N) is 9. The van der Waals surface area contributed by atoms with Gasteiger partial charge in [0.2, 0.25) is 35.4 Å². The van der Waals surface area contributed by atoms with Gasteiger partial charge in [-0.15, -0.1) is 0 Å². The predicted octanol–water partition coefficient (Wildman–Crippen LogP) is -12.8. The normalized spacial score (nSPS) is 15.9. The summed E-state index contributed by atoms with van der Waals surface area (Å²) in [7, 11) is 0. The topological polar surface area (TPSA) is 568 Å². The summed E-state index contributed by atoms with van der Waals surface area (Å²) >= 11 is 0. The van der Waals surface area contributed by atoms with Crippen LogP contribution in [0.2, 0.25) is 0 Å². The molecule has 7 atom stereocenters. The lowest BCUT2D eigenvalue weighted by molar-refractivity contribution is -0.313. The first-order chi connectivity index (χ1) is 45.2. The van der Waals surface area contributed by atoms with Crippen LogP contribution in [-0.4, -0.2) is 288 Å². The van der Waals surface area contributed by atoms with Crippen LogP contribution in [0.4, 0.5) is 11.4 Å². The number of imidazole rings is 1. The number of aliphatic hydroxyl groups is 2. The first-order valence-electron chi connectivity index (χ1n) is 29.9. The van der Waals surface area contributed by atoms with Crippen molar-refractivity contribution in [2.75, 3.05) is 135 Å². The molecule has 38 nitrogen and oxygen atoms in total. The molecule has 0 saturated carbocycles. The standard InChI is InChI=1S/C57H82N14O24/c1-33(51(85)64-37(23-35-25-58-32-61-35)54(88)66-39(29-72)55(89)65-36(22-34-6-3-2-4-7-34)53(87)67-40(30-73)56(90)91)62-52(86)38(24-43(75)76)63-42(74)31-95-21-20-94-19-10-60-48-47(49(83)50(48)84)59-9-5-8-41(57(92)93)71-17-15-69(27-45(79)80)13-11-68(26-44(77)78)12-14-70(16-18-71)28-46(81)82/h2-4,6-7,25,32-33,36-41,59-60,72-73H,5,8-24,26-31H2,1H3,(H,58,61)(H,62,86)(H,63,74)(H,64,85)(H,65,89)(H,66,88)(H,67,87)(H,75,76)(H,77,78)(H,79,80)(H,81,82)(H,90,91)(H,92,93)/p-4/t33-,36-,37-,38-,39-,40-,41?/m0/s1. The lowest BCUT2D eigenvalue weighted by atomic mass is 10.0. The predicted molar refractivity (Wildman–Crippen MR) is 318 cm³/mol.